The molecule has 7 heteroatoms. The van der Waals surface area contributed by atoms with Crippen molar-refractivity contribution in [2.75, 3.05) is 11.5 Å². The molecule has 21 heavy (non-hydrogen) atoms. The van der Waals surface area contributed by atoms with E-state index in [4.69, 9.17) is 0 Å². The summed E-state index contributed by atoms with van der Waals surface area (Å²) in [6.45, 7) is 7.31. The third-order valence-electron chi connectivity index (χ3n) is 4.12. The Kier molecular flexibility index (Phi) is 4.21. The van der Waals surface area contributed by atoms with Gasteiger partial charge < -0.3 is 0 Å². The molecule has 118 valence electrons. The lowest BCUT2D eigenvalue weighted by atomic mass is 10.0. The summed E-state index contributed by atoms with van der Waals surface area (Å²) in [5.41, 5.74) is 3.26. The van der Waals surface area contributed by atoms with E-state index in [1.54, 1.807) is 13.8 Å². The van der Waals surface area contributed by atoms with Gasteiger partial charge in [0.05, 0.1) is 16.4 Å². The Hall–Kier alpha value is -0.920. The highest BCUT2D eigenvalue weighted by atomic mass is 32.2. The van der Waals surface area contributed by atoms with Gasteiger partial charge in [-0.25, -0.2) is 21.6 Å². The van der Waals surface area contributed by atoms with Crippen LogP contribution in [0.3, 0.4) is 0 Å². The normalized spacial score (nSPS) is 21.6. The summed E-state index contributed by atoms with van der Waals surface area (Å²) < 4.78 is 50.8. The number of nitrogens with one attached hydrogen (secondary N) is 1. The van der Waals surface area contributed by atoms with Crippen molar-refractivity contribution >= 4 is 19.9 Å². The summed E-state index contributed by atoms with van der Waals surface area (Å²) in [6.07, 6.45) is 0.338. The van der Waals surface area contributed by atoms with Gasteiger partial charge in [-0.2, -0.15) is 0 Å². The van der Waals surface area contributed by atoms with Crippen LogP contribution in [0.15, 0.2) is 11.0 Å². The van der Waals surface area contributed by atoms with E-state index in [-0.39, 0.29) is 16.4 Å². The van der Waals surface area contributed by atoms with Crippen molar-refractivity contribution in [2.24, 2.45) is 0 Å². The molecule has 1 aliphatic rings. The van der Waals surface area contributed by atoms with Crippen LogP contribution in [0.25, 0.3) is 0 Å². The maximum Gasteiger partial charge on any atom is 0.241 e. The van der Waals surface area contributed by atoms with Crippen molar-refractivity contribution in [1.29, 1.82) is 0 Å². The van der Waals surface area contributed by atoms with Gasteiger partial charge in [-0.05, 0) is 56.4 Å². The number of sulfonamides is 1. The molecular weight excluding hydrogens is 310 g/mol. The molecule has 1 aromatic rings. The molecule has 0 saturated carbocycles. The van der Waals surface area contributed by atoms with E-state index in [0.29, 0.717) is 17.5 Å². The number of benzene rings is 1. The Bertz CT molecular complexity index is 753. The summed E-state index contributed by atoms with van der Waals surface area (Å²) in [6, 6.07) is 1.43. The first-order valence-corrected chi connectivity index (χ1v) is 10.1. The molecule has 1 aromatic carbocycles. The highest BCUT2D eigenvalue weighted by Crippen LogP contribution is 2.26. The smallest absolute Gasteiger partial charge is 0.229 e. The lowest BCUT2D eigenvalue weighted by Gasteiger charge is -2.18. The van der Waals surface area contributed by atoms with Crippen LogP contribution in [-0.4, -0.2) is 34.4 Å². The molecule has 1 heterocycles. The predicted molar refractivity (Wildman–Crippen MR) is 82.8 cm³/mol. The molecule has 0 unspecified atom stereocenters. The highest BCUT2D eigenvalue weighted by molar-refractivity contribution is 7.92. The molecule has 1 saturated heterocycles. The Morgan fingerprint density at radius 2 is 1.62 bits per heavy atom. The van der Waals surface area contributed by atoms with Crippen LogP contribution in [0.5, 0.6) is 0 Å². The Morgan fingerprint density at radius 1 is 1.10 bits per heavy atom. The molecule has 1 aliphatic heterocycles. The van der Waals surface area contributed by atoms with Crippen molar-refractivity contribution in [3.05, 3.63) is 28.3 Å². The van der Waals surface area contributed by atoms with E-state index in [0.717, 1.165) is 11.1 Å². The first kappa shape index (κ1) is 16.5. The average Bonchev–Trinajstić information content (AvgIpc) is 2.65. The Morgan fingerprint density at radius 3 is 2.05 bits per heavy atom. The first-order valence-electron chi connectivity index (χ1n) is 6.83. The van der Waals surface area contributed by atoms with E-state index >= 15 is 0 Å². The van der Waals surface area contributed by atoms with Crippen molar-refractivity contribution < 1.29 is 16.8 Å². The maximum atomic E-state index is 12.6. The fraction of sp³-hybridized carbons (Fsp3) is 0.571. The van der Waals surface area contributed by atoms with E-state index in [1.807, 2.05) is 19.9 Å². The van der Waals surface area contributed by atoms with Gasteiger partial charge in [-0.15, -0.1) is 0 Å². The van der Waals surface area contributed by atoms with Crippen molar-refractivity contribution in [3.63, 3.8) is 0 Å². The minimum absolute atomic E-state index is 0.0466. The van der Waals surface area contributed by atoms with Gasteiger partial charge >= 0.3 is 0 Å². The van der Waals surface area contributed by atoms with Gasteiger partial charge in [0.25, 0.3) is 0 Å². The monoisotopic (exact) mass is 331 g/mol. The van der Waals surface area contributed by atoms with Gasteiger partial charge in [0, 0.05) is 6.04 Å². The maximum absolute atomic E-state index is 12.6. The molecule has 0 amide bonds. The van der Waals surface area contributed by atoms with Gasteiger partial charge in [-0.3, -0.25) is 0 Å². The lowest BCUT2D eigenvalue weighted by Crippen LogP contribution is -2.36. The van der Waals surface area contributed by atoms with E-state index in [2.05, 4.69) is 4.72 Å². The van der Waals surface area contributed by atoms with Crippen LogP contribution >= 0.6 is 0 Å². The fourth-order valence-corrected chi connectivity index (χ4v) is 6.41. The third kappa shape index (κ3) is 3.30. The van der Waals surface area contributed by atoms with E-state index in [1.165, 1.54) is 0 Å². The molecule has 0 bridgehead atoms. The standard InChI is InChI=1S/C14H21NO4S2/c1-9-7-10(2)12(4)14(11(9)3)21(18,19)15-13-5-6-20(16,17)8-13/h7,13,15H,5-6,8H2,1-4H3/t13-/m0/s1. The number of rotatable bonds is 3. The van der Waals surface area contributed by atoms with Crippen LogP contribution in [-0.2, 0) is 19.9 Å². The van der Waals surface area contributed by atoms with Crippen LogP contribution in [0, 0.1) is 27.7 Å². The fourth-order valence-electron chi connectivity index (χ4n) is 2.75. The van der Waals surface area contributed by atoms with Crippen molar-refractivity contribution in [3.8, 4) is 0 Å². The molecule has 1 atom stereocenters. The molecule has 5 nitrogen and oxygen atoms in total. The topological polar surface area (TPSA) is 80.3 Å². The zero-order chi connectivity index (χ0) is 16.0. The second-order valence-electron chi connectivity index (χ2n) is 5.81. The summed E-state index contributed by atoms with van der Waals surface area (Å²) >= 11 is 0. The minimum atomic E-state index is -3.71. The quantitative estimate of drug-likeness (QED) is 0.907. The largest absolute Gasteiger partial charge is 0.241 e. The number of hydrogen-bond acceptors (Lipinski definition) is 4. The number of sulfone groups is 1. The van der Waals surface area contributed by atoms with Crippen LogP contribution in [0.2, 0.25) is 0 Å². The summed E-state index contributed by atoms with van der Waals surface area (Å²) in [7, 11) is -6.83. The lowest BCUT2D eigenvalue weighted by molar-refractivity contribution is 0.561. The average molecular weight is 331 g/mol. The molecule has 1 N–H and O–H groups in total. The predicted octanol–water partition coefficient (Wildman–Crippen LogP) is 1.39. The number of hydrogen-bond donors (Lipinski definition) is 1. The highest BCUT2D eigenvalue weighted by Gasteiger charge is 2.32. The molecule has 0 radical (unpaired) electrons. The summed E-state index contributed by atoms with van der Waals surface area (Å²) in [4.78, 5) is 0.282. The zero-order valence-electron chi connectivity index (χ0n) is 12.7. The SMILES string of the molecule is Cc1cc(C)c(C)c(S(=O)(=O)N[C@H]2CCS(=O)(=O)C2)c1C. The summed E-state index contributed by atoms with van der Waals surface area (Å²) in [5.74, 6) is -0.0693. The molecule has 1 fully saturated rings. The Labute approximate surface area is 126 Å². The number of aryl methyl sites for hydroxylation is 2. The van der Waals surface area contributed by atoms with E-state index in [9.17, 15) is 16.8 Å². The van der Waals surface area contributed by atoms with E-state index < -0.39 is 25.9 Å². The van der Waals surface area contributed by atoms with Crippen LogP contribution < -0.4 is 4.72 Å². The minimum Gasteiger partial charge on any atom is -0.229 e. The van der Waals surface area contributed by atoms with Crippen LogP contribution in [0.4, 0.5) is 0 Å². The van der Waals surface area contributed by atoms with Crippen LogP contribution in [0.1, 0.15) is 28.7 Å². The molecular formula is C14H21NO4S2. The second kappa shape index (κ2) is 5.37. The molecule has 2 rings (SSSR count). The van der Waals surface area contributed by atoms with Gasteiger partial charge in [0.15, 0.2) is 9.84 Å². The van der Waals surface area contributed by atoms with Crippen molar-refractivity contribution in [2.45, 2.75) is 45.1 Å². The molecule has 0 spiro atoms. The van der Waals surface area contributed by atoms with Gasteiger partial charge in [-0.1, -0.05) is 6.07 Å². The molecule has 0 aliphatic carbocycles. The first-order chi connectivity index (χ1) is 9.53. The molecule has 0 aromatic heterocycles. The summed E-state index contributed by atoms with van der Waals surface area (Å²) in [5, 5.41) is 0. The second-order valence-corrected chi connectivity index (χ2v) is 9.69. The Balaban J connectivity index is 2.42. The third-order valence-corrected chi connectivity index (χ3v) is 7.68. The van der Waals surface area contributed by atoms with Gasteiger partial charge in [0.1, 0.15) is 0 Å². The van der Waals surface area contributed by atoms with Crippen molar-refractivity contribution in [1.82, 2.24) is 4.72 Å². The zero-order valence-corrected chi connectivity index (χ0v) is 14.4. The van der Waals surface area contributed by atoms with Gasteiger partial charge in [0.2, 0.25) is 10.0 Å².